The van der Waals surface area contributed by atoms with Crippen molar-refractivity contribution in [1.29, 1.82) is 0 Å². The lowest BCUT2D eigenvalue weighted by atomic mass is 10.3. The molecule has 0 saturated heterocycles. The molecule has 1 heterocycles. The Morgan fingerprint density at radius 1 is 1.15 bits per heavy atom. The first-order chi connectivity index (χ1) is 9.45. The zero-order chi connectivity index (χ0) is 14.8. The number of hydrogen-bond donors (Lipinski definition) is 1. The van der Waals surface area contributed by atoms with Crippen molar-refractivity contribution in [2.45, 2.75) is 5.09 Å². The molecule has 0 aliphatic rings. The molecule has 0 spiro atoms. The monoisotopic (exact) mass is 294 g/mol. The summed E-state index contributed by atoms with van der Waals surface area (Å²) in [5.41, 5.74) is 0.687. The van der Waals surface area contributed by atoms with E-state index >= 15 is 0 Å². The lowest BCUT2D eigenvalue weighted by Gasteiger charge is -2.15. The summed E-state index contributed by atoms with van der Waals surface area (Å²) in [6.45, 7) is 0. The summed E-state index contributed by atoms with van der Waals surface area (Å²) in [4.78, 5) is 13.6. The van der Waals surface area contributed by atoms with Crippen LogP contribution in [0.3, 0.4) is 0 Å². The molecule has 1 aromatic carbocycles. The van der Waals surface area contributed by atoms with E-state index in [0.29, 0.717) is 5.69 Å². The highest BCUT2D eigenvalue weighted by Gasteiger charge is 2.22. The van der Waals surface area contributed by atoms with Crippen LogP contribution in [0.4, 0.5) is 5.69 Å². The first kappa shape index (κ1) is 14.3. The van der Waals surface area contributed by atoms with Crippen LogP contribution in [0, 0.1) is 0 Å². The molecule has 1 N–H and O–H groups in total. The van der Waals surface area contributed by atoms with Crippen molar-refractivity contribution in [3.8, 4) is 0 Å². The van der Waals surface area contributed by atoms with Gasteiger partial charge in [0.15, 0.2) is 5.76 Å². The third kappa shape index (κ3) is 2.73. The van der Waals surface area contributed by atoms with Gasteiger partial charge in [0.25, 0.3) is 15.9 Å². The van der Waals surface area contributed by atoms with E-state index in [0.717, 1.165) is 0 Å². The van der Waals surface area contributed by atoms with Crippen LogP contribution in [0.25, 0.3) is 0 Å². The highest BCUT2D eigenvalue weighted by molar-refractivity contribution is 7.89. The zero-order valence-electron chi connectivity index (χ0n) is 11.0. The Hall–Kier alpha value is -2.12. The quantitative estimate of drug-likeness (QED) is 0.926. The summed E-state index contributed by atoms with van der Waals surface area (Å²) in [6.07, 6.45) is 0. The van der Waals surface area contributed by atoms with Crippen LogP contribution in [-0.2, 0) is 10.0 Å². The van der Waals surface area contributed by atoms with Crippen LogP contribution in [0.1, 0.15) is 10.6 Å². The number of benzene rings is 1. The van der Waals surface area contributed by atoms with Crippen LogP contribution >= 0.6 is 0 Å². The fraction of sp³-hybridized carbons (Fsp3) is 0.154. The summed E-state index contributed by atoms with van der Waals surface area (Å²) in [6, 6.07) is 11.6. The molecule has 0 unspecified atom stereocenters. The number of para-hydroxylation sites is 1. The molecule has 1 aromatic heterocycles. The van der Waals surface area contributed by atoms with Crippen LogP contribution in [-0.4, -0.2) is 28.4 Å². The van der Waals surface area contributed by atoms with Crippen molar-refractivity contribution < 1.29 is 17.6 Å². The number of rotatable bonds is 4. The highest BCUT2D eigenvalue weighted by Crippen LogP contribution is 2.18. The van der Waals surface area contributed by atoms with E-state index in [9.17, 15) is 13.2 Å². The number of carbonyl (C=O) groups excluding carboxylic acids is 1. The average molecular weight is 294 g/mol. The minimum Gasteiger partial charge on any atom is -0.438 e. The molecule has 0 saturated carbocycles. The molecule has 6 nitrogen and oxygen atoms in total. The van der Waals surface area contributed by atoms with E-state index < -0.39 is 15.9 Å². The Morgan fingerprint density at radius 2 is 1.80 bits per heavy atom. The molecule has 0 fully saturated rings. The van der Waals surface area contributed by atoms with Gasteiger partial charge >= 0.3 is 0 Å². The Morgan fingerprint density at radius 3 is 2.40 bits per heavy atom. The van der Waals surface area contributed by atoms with Gasteiger partial charge in [-0.3, -0.25) is 4.79 Å². The van der Waals surface area contributed by atoms with Gasteiger partial charge in [0.2, 0.25) is 5.09 Å². The second-order valence-corrected chi connectivity index (χ2v) is 5.84. The standard InChI is InChI=1S/C13H14N2O4S/c1-14-20(17,18)12-9-8-11(19-12)13(16)15(2)10-6-4-3-5-7-10/h3-9,14H,1-2H3. The first-order valence-electron chi connectivity index (χ1n) is 5.82. The number of carbonyl (C=O) groups is 1. The number of nitrogens with one attached hydrogen (secondary N) is 1. The number of sulfonamides is 1. The topological polar surface area (TPSA) is 79.6 Å². The second kappa shape index (κ2) is 5.48. The minimum atomic E-state index is -3.69. The summed E-state index contributed by atoms with van der Waals surface area (Å²) >= 11 is 0. The van der Waals surface area contributed by atoms with Crippen LogP contribution in [0.2, 0.25) is 0 Å². The van der Waals surface area contributed by atoms with Gasteiger partial charge in [-0.1, -0.05) is 18.2 Å². The van der Waals surface area contributed by atoms with Crippen molar-refractivity contribution in [2.75, 3.05) is 19.0 Å². The molecule has 0 bridgehead atoms. The number of hydrogen-bond acceptors (Lipinski definition) is 4. The minimum absolute atomic E-state index is 0.0369. The molecular weight excluding hydrogens is 280 g/mol. The molecule has 0 atom stereocenters. The molecule has 20 heavy (non-hydrogen) atoms. The van der Waals surface area contributed by atoms with Gasteiger partial charge in [-0.2, -0.15) is 0 Å². The molecular formula is C13H14N2O4S. The number of amides is 1. The van der Waals surface area contributed by atoms with E-state index in [1.807, 2.05) is 6.07 Å². The third-order valence-electron chi connectivity index (χ3n) is 2.77. The van der Waals surface area contributed by atoms with E-state index in [1.54, 1.807) is 31.3 Å². The molecule has 106 valence electrons. The van der Waals surface area contributed by atoms with Crippen molar-refractivity contribution in [2.24, 2.45) is 0 Å². The van der Waals surface area contributed by atoms with E-state index in [4.69, 9.17) is 4.42 Å². The summed E-state index contributed by atoms with van der Waals surface area (Å²) in [7, 11) is -0.826. The Bertz CT molecular complexity index is 707. The van der Waals surface area contributed by atoms with Crippen molar-refractivity contribution >= 4 is 21.6 Å². The predicted molar refractivity (Wildman–Crippen MR) is 74.1 cm³/mol. The maximum atomic E-state index is 12.2. The molecule has 2 rings (SSSR count). The van der Waals surface area contributed by atoms with E-state index in [1.165, 1.54) is 24.1 Å². The number of nitrogens with zero attached hydrogens (tertiary/aromatic N) is 1. The van der Waals surface area contributed by atoms with Crippen LogP contribution in [0.5, 0.6) is 0 Å². The molecule has 0 aliphatic carbocycles. The SMILES string of the molecule is CNS(=O)(=O)c1ccc(C(=O)N(C)c2ccccc2)o1. The van der Waals surface area contributed by atoms with Gasteiger partial charge < -0.3 is 9.32 Å². The van der Waals surface area contributed by atoms with Gasteiger partial charge in [0, 0.05) is 12.7 Å². The summed E-state index contributed by atoms with van der Waals surface area (Å²) in [5.74, 6) is -0.459. The van der Waals surface area contributed by atoms with Crippen molar-refractivity contribution in [3.63, 3.8) is 0 Å². The van der Waals surface area contributed by atoms with Crippen LogP contribution < -0.4 is 9.62 Å². The Balaban J connectivity index is 2.27. The van der Waals surface area contributed by atoms with Gasteiger partial charge in [0.1, 0.15) is 0 Å². The summed E-state index contributed by atoms with van der Waals surface area (Å²) < 4.78 is 30.3. The fourth-order valence-electron chi connectivity index (χ4n) is 1.61. The lowest BCUT2D eigenvalue weighted by molar-refractivity contribution is 0.0961. The third-order valence-corrected chi connectivity index (χ3v) is 4.06. The predicted octanol–water partition coefficient (Wildman–Crippen LogP) is 1.46. The highest BCUT2D eigenvalue weighted by atomic mass is 32.2. The Labute approximate surface area is 117 Å². The van der Waals surface area contributed by atoms with E-state index in [2.05, 4.69) is 4.72 Å². The number of anilines is 1. The van der Waals surface area contributed by atoms with Crippen molar-refractivity contribution in [3.05, 3.63) is 48.2 Å². The fourth-order valence-corrected chi connectivity index (χ4v) is 2.26. The molecule has 2 aromatic rings. The van der Waals surface area contributed by atoms with Crippen molar-refractivity contribution in [1.82, 2.24) is 4.72 Å². The van der Waals surface area contributed by atoms with Gasteiger partial charge in [-0.15, -0.1) is 0 Å². The normalized spacial score (nSPS) is 11.3. The number of furan rings is 1. The van der Waals surface area contributed by atoms with Gasteiger partial charge in [-0.25, -0.2) is 13.1 Å². The largest absolute Gasteiger partial charge is 0.438 e. The lowest BCUT2D eigenvalue weighted by Crippen LogP contribution is -2.25. The average Bonchev–Trinajstić information content (AvgIpc) is 2.97. The maximum absolute atomic E-state index is 12.2. The smallest absolute Gasteiger partial charge is 0.293 e. The van der Waals surface area contributed by atoms with E-state index in [-0.39, 0.29) is 10.9 Å². The van der Waals surface area contributed by atoms with Gasteiger partial charge in [0.05, 0.1) is 0 Å². The first-order valence-corrected chi connectivity index (χ1v) is 7.30. The maximum Gasteiger partial charge on any atom is 0.293 e. The Kier molecular flexibility index (Phi) is 3.91. The molecule has 0 aliphatic heterocycles. The molecule has 0 radical (unpaired) electrons. The zero-order valence-corrected chi connectivity index (χ0v) is 11.8. The second-order valence-electron chi connectivity index (χ2n) is 4.03. The van der Waals surface area contributed by atoms with Crippen LogP contribution in [0.15, 0.2) is 52.0 Å². The summed E-state index contributed by atoms with van der Waals surface area (Å²) in [5, 5.41) is -0.287. The molecule has 1 amide bonds. The van der Waals surface area contributed by atoms with Gasteiger partial charge in [-0.05, 0) is 31.3 Å². The molecule has 7 heteroatoms.